The molecule has 0 saturated carbocycles. The van der Waals surface area contributed by atoms with Gasteiger partial charge in [0.15, 0.2) is 0 Å². The fraction of sp³-hybridized carbons (Fsp3) is 0.400. The smallest absolute Gasteiger partial charge is 0.126 e. The van der Waals surface area contributed by atoms with E-state index in [9.17, 15) is 9.50 Å². The lowest BCUT2D eigenvalue weighted by Crippen LogP contribution is -2.25. The van der Waals surface area contributed by atoms with Crippen molar-refractivity contribution in [1.29, 1.82) is 0 Å². The number of halogens is 1. The first kappa shape index (κ1) is 12.8. The van der Waals surface area contributed by atoms with Crippen molar-refractivity contribution in [2.75, 3.05) is 0 Å². The molecule has 100 valence electrons. The van der Waals surface area contributed by atoms with Crippen molar-refractivity contribution in [2.24, 2.45) is 0 Å². The summed E-state index contributed by atoms with van der Waals surface area (Å²) in [6.45, 7) is 4.00. The molecule has 1 N–H and O–H groups in total. The molecule has 1 aliphatic rings. The monoisotopic (exact) mass is 277 g/mol. The summed E-state index contributed by atoms with van der Waals surface area (Å²) in [5.41, 5.74) is 1.45. The maximum absolute atomic E-state index is 13.7. The minimum Gasteiger partial charge on any atom is -0.385 e. The van der Waals surface area contributed by atoms with Gasteiger partial charge in [-0.2, -0.15) is 0 Å². The van der Waals surface area contributed by atoms with Gasteiger partial charge in [0, 0.05) is 11.3 Å². The summed E-state index contributed by atoms with van der Waals surface area (Å²) in [4.78, 5) is 5.66. The van der Waals surface area contributed by atoms with E-state index < -0.39 is 5.60 Å². The third-order valence-corrected chi connectivity index (χ3v) is 5.00. The number of benzene rings is 1. The Morgan fingerprint density at radius 3 is 2.89 bits per heavy atom. The zero-order valence-corrected chi connectivity index (χ0v) is 11.9. The van der Waals surface area contributed by atoms with Gasteiger partial charge in [0.25, 0.3) is 0 Å². The molecule has 0 spiro atoms. The number of rotatable bonds is 2. The largest absolute Gasteiger partial charge is 0.385 e. The Balaban J connectivity index is 1.96. The van der Waals surface area contributed by atoms with Gasteiger partial charge in [-0.05, 0) is 43.9 Å². The molecule has 1 aromatic heterocycles. The molecule has 1 aromatic carbocycles. The Morgan fingerprint density at radius 2 is 2.21 bits per heavy atom. The molecule has 1 unspecified atom stereocenters. The van der Waals surface area contributed by atoms with Gasteiger partial charge < -0.3 is 5.11 Å². The lowest BCUT2D eigenvalue weighted by atomic mass is 9.92. The predicted octanol–water partition coefficient (Wildman–Crippen LogP) is 3.28. The Labute approximate surface area is 115 Å². The van der Waals surface area contributed by atoms with Crippen LogP contribution >= 0.6 is 11.3 Å². The van der Waals surface area contributed by atoms with Crippen LogP contribution in [-0.4, -0.2) is 10.1 Å². The molecule has 0 amide bonds. The number of hydrogen-bond donors (Lipinski definition) is 1. The number of fused-ring (bicyclic) bond motifs is 1. The number of aromatic nitrogens is 1. The van der Waals surface area contributed by atoms with Crippen molar-refractivity contribution in [3.05, 3.63) is 50.7 Å². The summed E-state index contributed by atoms with van der Waals surface area (Å²) >= 11 is 1.61. The lowest BCUT2D eigenvalue weighted by molar-refractivity contribution is 0.0389. The van der Waals surface area contributed by atoms with Crippen LogP contribution in [0.5, 0.6) is 0 Å². The first-order chi connectivity index (χ1) is 8.99. The quantitative estimate of drug-likeness (QED) is 0.914. The van der Waals surface area contributed by atoms with Crippen LogP contribution in [0, 0.1) is 19.7 Å². The molecule has 0 radical (unpaired) electrons. The van der Waals surface area contributed by atoms with Crippen molar-refractivity contribution >= 4 is 11.3 Å². The Kier molecular flexibility index (Phi) is 2.95. The second-order valence-corrected chi connectivity index (χ2v) is 6.51. The summed E-state index contributed by atoms with van der Waals surface area (Å²) in [7, 11) is 0. The SMILES string of the molecule is Cc1nc(CC2(O)CCc3c(F)cccc32)sc1C. The van der Waals surface area contributed by atoms with E-state index in [1.165, 1.54) is 10.9 Å². The zero-order chi connectivity index (χ0) is 13.6. The predicted molar refractivity (Wildman–Crippen MR) is 73.9 cm³/mol. The van der Waals surface area contributed by atoms with E-state index in [2.05, 4.69) is 4.98 Å². The van der Waals surface area contributed by atoms with Gasteiger partial charge in [-0.15, -0.1) is 11.3 Å². The van der Waals surface area contributed by atoms with Gasteiger partial charge in [-0.3, -0.25) is 0 Å². The van der Waals surface area contributed by atoms with Crippen molar-refractivity contribution in [2.45, 2.75) is 38.7 Å². The van der Waals surface area contributed by atoms with E-state index in [0.717, 1.165) is 16.3 Å². The maximum Gasteiger partial charge on any atom is 0.126 e. The Bertz CT molecular complexity index is 618. The molecule has 0 aliphatic heterocycles. The summed E-state index contributed by atoms with van der Waals surface area (Å²) in [6.07, 6.45) is 1.64. The number of hydrogen-bond acceptors (Lipinski definition) is 3. The topological polar surface area (TPSA) is 33.1 Å². The molecule has 1 atom stereocenters. The third kappa shape index (κ3) is 2.09. The molecule has 1 heterocycles. The van der Waals surface area contributed by atoms with Gasteiger partial charge in [-0.1, -0.05) is 12.1 Å². The fourth-order valence-electron chi connectivity index (χ4n) is 2.76. The molecule has 3 rings (SSSR count). The first-order valence-electron chi connectivity index (χ1n) is 6.43. The van der Waals surface area contributed by atoms with E-state index in [1.807, 2.05) is 19.9 Å². The van der Waals surface area contributed by atoms with E-state index in [1.54, 1.807) is 17.4 Å². The molecule has 2 aromatic rings. The fourth-order valence-corrected chi connectivity index (χ4v) is 3.80. The van der Waals surface area contributed by atoms with Gasteiger partial charge in [0.05, 0.1) is 16.3 Å². The van der Waals surface area contributed by atoms with E-state index in [4.69, 9.17) is 0 Å². The zero-order valence-electron chi connectivity index (χ0n) is 11.0. The highest BCUT2D eigenvalue weighted by Gasteiger charge is 2.38. The van der Waals surface area contributed by atoms with Crippen LogP contribution in [0.2, 0.25) is 0 Å². The minimum atomic E-state index is -0.964. The molecule has 0 saturated heterocycles. The van der Waals surface area contributed by atoms with Crippen LogP contribution < -0.4 is 0 Å². The maximum atomic E-state index is 13.7. The van der Waals surface area contributed by atoms with Crippen molar-refractivity contribution in [3.8, 4) is 0 Å². The van der Waals surface area contributed by atoms with E-state index in [-0.39, 0.29) is 5.82 Å². The van der Waals surface area contributed by atoms with Gasteiger partial charge >= 0.3 is 0 Å². The minimum absolute atomic E-state index is 0.208. The van der Waals surface area contributed by atoms with E-state index in [0.29, 0.717) is 24.8 Å². The summed E-state index contributed by atoms with van der Waals surface area (Å²) < 4.78 is 13.7. The van der Waals surface area contributed by atoms with Crippen LogP contribution in [0.4, 0.5) is 4.39 Å². The van der Waals surface area contributed by atoms with Crippen molar-refractivity contribution in [3.63, 3.8) is 0 Å². The third-order valence-electron chi connectivity index (χ3n) is 3.93. The van der Waals surface area contributed by atoms with Crippen LogP contribution in [0.3, 0.4) is 0 Å². The normalized spacial score (nSPS) is 21.7. The number of aliphatic hydroxyl groups is 1. The summed E-state index contributed by atoms with van der Waals surface area (Å²) in [5, 5.41) is 11.7. The molecule has 0 bridgehead atoms. The van der Waals surface area contributed by atoms with Crippen LogP contribution in [0.1, 0.15) is 33.1 Å². The average Bonchev–Trinajstić information content (AvgIpc) is 2.83. The van der Waals surface area contributed by atoms with Gasteiger partial charge in [0.2, 0.25) is 0 Å². The van der Waals surface area contributed by atoms with Crippen molar-refractivity contribution < 1.29 is 9.50 Å². The highest BCUT2D eigenvalue weighted by molar-refractivity contribution is 7.11. The highest BCUT2D eigenvalue weighted by Crippen LogP contribution is 2.41. The van der Waals surface area contributed by atoms with E-state index >= 15 is 0 Å². The summed E-state index contributed by atoms with van der Waals surface area (Å²) in [5.74, 6) is -0.208. The molecule has 1 aliphatic carbocycles. The van der Waals surface area contributed by atoms with Gasteiger partial charge in [-0.25, -0.2) is 9.37 Å². The standard InChI is InChI=1S/C15H16FNOS/c1-9-10(2)19-14(17-9)8-15(18)7-6-11-12(15)4-3-5-13(11)16/h3-5,18H,6-8H2,1-2H3. The summed E-state index contributed by atoms with van der Waals surface area (Å²) in [6, 6.07) is 4.96. The average molecular weight is 277 g/mol. The second kappa shape index (κ2) is 4.39. The molecule has 2 nitrogen and oxygen atoms in total. The second-order valence-electron chi connectivity index (χ2n) is 5.22. The number of thiazole rings is 1. The highest BCUT2D eigenvalue weighted by atomic mass is 32.1. The van der Waals surface area contributed by atoms with Crippen LogP contribution in [0.15, 0.2) is 18.2 Å². The van der Waals surface area contributed by atoms with Crippen LogP contribution in [0.25, 0.3) is 0 Å². The molecular weight excluding hydrogens is 261 g/mol. The van der Waals surface area contributed by atoms with Gasteiger partial charge in [0.1, 0.15) is 5.82 Å². The Hall–Kier alpha value is -1.26. The number of nitrogens with zero attached hydrogens (tertiary/aromatic N) is 1. The van der Waals surface area contributed by atoms with Crippen LogP contribution in [-0.2, 0) is 18.4 Å². The molecular formula is C15H16FNOS. The molecule has 4 heteroatoms. The Morgan fingerprint density at radius 1 is 1.42 bits per heavy atom. The number of aryl methyl sites for hydroxylation is 2. The molecule has 0 fully saturated rings. The molecule has 19 heavy (non-hydrogen) atoms. The first-order valence-corrected chi connectivity index (χ1v) is 7.24. The van der Waals surface area contributed by atoms with Crippen molar-refractivity contribution in [1.82, 2.24) is 4.98 Å². The lowest BCUT2D eigenvalue weighted by Gasteiger charge is -2.22.